The molecule has 0 unspecified atom stereocenters. The van der Waals surface area contributed by atoms with Crippen LogP contribution in [-0.2, 0) is 16.0 Å². The molecule has 2 amide bonds. The third kappa shape index (κ3) is 2.64. The number of hydrogen-bond donors (Lipinski definition) is 1. The van der Waals surface area contributed by atoms with E-state index < -0.39 is 0 Å². The third-order valence-electron chi connectivity index (χ3n) is 2.96. The number of carbonyl (C=O) groups is 2. The molecule has 0 atom stereocenters. The number of rotatable bonds is 3. The number of carbonyl (C=O) groups excluding carboxylic acids is 2. The molecule has 0 bridgehead atoms. The summed E-state index contributed by atoms with van der Waals surface area (Å²) < 4.78 is 0. The number of amides is 2. The number of likely N-dealkylation sites (N-methyl/N-ethyl adjacent to an activating group) is 1. The summed E-state index contributed by atoms with van der Waals surface area (Å²) in [6.45, 7) is 0.799. The van der Waals surface area contributed by atoms with Crippen molar-refractivity contribution in [2.45, 2.75) is 19.3 Å². The van der Waals surface area contributed by atoms with Crippen molar-refractivity contribution < 1.29 is 9.59 Å². The maximum Gasteiger partial charge on any atom is 0.227 e. The summed E-state index contributed by atoms with van der Waals surface area (Å²) in [6, 6.07) is 7.61. The maximum absolute atomic E-state index is 11.5. The highest BCUT2D eigenvalue weighted by molar-refractivity contribution is 5.95. The molecule has 0 aromatic heterocycles. The molecule has 0 saturated carbocycles. The van der Waals surface area contributed by atoms with Crippen LogP contribution in [0.4, 0.5) is 5.69 Å². The molecule has 0 radical (unpaired) electrons. The molecule has 1 saturated heterocycles. The van der Waals surface area contributed by atoms with Crippen LogP contribution in [0.15, 0.2) is 24.3 Å². The number of nitrogens with one attached hydrogen (secondary N) is 1. The van der Waals surface area contributed by atoms with Crippen molar-refractivity contribution in [3.8, 4) is 0 Å². The molecule has 1 aromatic carbocycles. The lowest BCUT2D eigenvalue weighted by Gasteiger charge is -2.15. The van der Waals surface area contributed by atoms with Gasteiger partial charge in [0.15, 0.2) is 0 Å². The zero-order valence-electron chi connectivity index (χ0n) is 9.90. The van der Waals surface area contributed by atoms with E-state index in [1.165, 1.54) is 0 Å². The predicted octanol–water partition coefficient (Wildman–Crippen LogP) is 1.10. The molecular formula is C13H16N2O2. The molecule has 0 aliphatic carbocycles. The van der Waals surface area contributed by atoms with Crippen LogP contribution in [0.25, 0.3) is 0 Å². The molecule has 1 N–H and O–H groups in total. The van der Waals surface area contributed by atoms with Crippen molar-refractivity contribution in [2.75, 3.05) is 18.5 Å². The van der Waals surface area contributed by atoms with E-state index >= 15 is 0 Å². The minimum atomic E-state index is -0.00463. The van der Waals surface area contributed by atoms with E-state index in [9.17, 15) is 9.59 Å². The van der Waals surface area contributed by atoms with Crippen molar-refractivity contribution in [2.24, 2.45) is 0 Å². The lowest BCUT2D eigenvalue weighted by Crippen LogP contribution is -2.23. The average molecular weight is 232 g/mol. The molecule has 4 heteroatoms. The minimum Gasteiger partial charge on any atom is -0.359 e. The fourth-order valence-corrected chi connectivity index (χ4v) is 1.99. The zero-order valence-corrected chi connectivity index (χ0v) is 9.90. The fourth-order valence-electron chi connectivity index (χ4n) is 1.99. The first-order chi connectivity index (χ1) is 8.20. The highest BCUT2D eigenvalue weighted by atomic mass is 16.2. The van der Waals surface area contributed by atoms with Crippen molar-refractivity contribution in [3.63, 3.8) is 0 Å². The van der Waals surface area contributed by atoms with E-state index in [-0.39, 0.29) is 11.8 Å². The Morgan fingerprint density at radius 2 is 2.06 bits per heavy atom. The molecular weight excluding hydrogens is 216 g/mol. The Morgan fingerprint density at radius 3 is 2.59 bits per heavy atom. The summed E-state index contributed by atoms with van der Waals surface area (Å²) in [7, 11) is 1.62. The lowest BCUT2D eigenvalue weighted by molar-refractivity contribution is -0.120. The second kappa shape index (κ2) is 4.99. The standard InChI is InChI=1S/C13H16N2O2/c1-14-12(16)9-10-4-6-11(7-5-10)15-8-2-3-13(15)17/h4-7H,2-3,8-9H2,1H3,(H,14,16). The van der Waals surface area contributed by atoms with Gasteiger partial charge in [-0.1, -0.05) is 12.1 Å². The Bertz CT molecular complexity index is 426. The van der Waals surface area contributed by atoms with Gasteiger partial charge < -0.3 is 10.2 Å². The number of benzene rings is 1. The van der Waals surface area contributed by atoms with E-state index in [1.54, 1.807) is 11.9 Å². The third-order valence-corrected chi connectivity index (χ3v) is 2.96. The summed E-state index contributed by atoms with van der Waals surface area (Å²) in [5, 5.41) is 2.59. The van der Waals surface area contributed by atoms with E-state index in [0.717, 1.165) is 24.2 Å². The van der Waals surface area contributed by atoms with Crippen LogP contribution in [0, 0.1) is 0 Å². The largest absolute Gasteiger partial charge is 0.359 e. The van der Waals surface area contributed by atoms with Gasteiger partial charge in [-0.05, 0) is 24.1 Å². The van der Waals surface area contributed by atoms with Gasteiger partial charge in [-0.25, -0.2) is 0 Å². The number of hydrogen-bond acceptors (Lipinski definition) is 2. The minimum absolute atomic E-state index is 0.00463. The summed E-state index contributed by atoms with van der Waals surface area (Å²) in [5.41, 5.74) is 1.88. The highest BCUT2D eigenvalue weighted by Crippen LogP contribution is 2.21. The monoisotopic (exact) mass is 232 g/mol. The number of nitrogens with zero attached hydrogens (tertiary/aromatic N) is 1. The van der Waals surface area contributed by atoms with Crippen LogP contribution in [0.1, 0.15) is 18.4 Å². The summed E-state index contributed by atoms with van der Waals surface area (Å²) in [5.74, 6) is 0.180. The summed E-state index contributed by atoms with van der Waals surface area (Å²) in [6.07, 6.45) is 1.95. The molecule has 17 heavy (non-hydrogen) atoms. The average Bonchev–Trinajstić information content (AvgIpc) is 2.76. The van der Waals surface area contributed by atoms with Gasteiger partial charge in [-0.3, -0.25) is 9.59 Å². The van der Waals surface area contributed by atoms with Crippen LogP contribution in [0.3, 0.4) is 0 Å². The predicted molar refractivity (Wildman–Crippen MR) is 65.8 cm³/mol. The van der Waals surface area contributed by atoms with Gasteiger partial charge in [-0.15, -0.1) is 0 Å². The Morgan fingerprint density at radius 1 is 1.35 bits per heavy atom. The SMILES string of the molecule is CNC(=O)Cc1ccc(N2CCCC2=O)cc1. The summed E-state index contributed by atoms with van der Waals surface area (Å²) in [4.78, 5) is 24.5. The normalized spacial score (nSPS) is 15.1. The molecule has 1 aliphatic rings. The molecule has 1 heterocycles. The smallest absolute Gasteiger partial charge is 0.227 e. The highest BCUT2D eigenvalue weighted by Gasteiger charge is 2.21. The van der Waals surface area contributed by atoms with Gasteiger partial charge in [0.2, 0.25) is 11.8 Å². The second-order valence-electron chi connectivity index (χ2n) is 4.17. The van der Waals surface area contributed by atoms with Crippen LogP contribution >= 0.6 is 0 Å². The first-order valence-electron chi connectivity index (χ1n) is 5.80. The van der Waals surface area contributed by atoms with Crippen LogP contribution in [0.2, 0.25) is 0 Å². The second-order valence-corrected chi connectivity index (χ2v) is 4.17. The fraction of sp³-hybridized carbons (Fsp3) is 0.385. The summed E-state index contributed by atoms with van der Waals surface area (Å²) >= 11 is 0. The Balaban J connectivity index is 2.07. The van der Waals surface area contributed by atoms with Gasteiger partial charge in [0.25, 0.3) is 0 Å². The van der Waals surface area contributed by atoms with Gasteiger partial charge in [0.1, 0.15) is 0 Å². The van der Waals surface area contributed by atoms with Gasteiger partial charge in [-0.2, -0.15) is 0 Å². The van der Waals surface area contributed by atoms with Crippen molar-refractivity contribution in [3.05, 3.63) is 29.8 Å². The van der Waals surface area contributed by atoms with Crippen LogP contribution < -0.4 is 10.2 Å². The van der Waals surface area contributed by atoms with Crippen molar-refractivity contribution in [1.29, 1.82) is 0 Å². The first-order valence-corrected chi connectivity index (χ1v) is 5.80. The van der Waals surface area contributed by atoms with Crippen molar-refractivity contribution in [1.82, 2.24) is 5.32 Å². The zero-order chi connectivity index (χ0) is 12.3. The van der Waals surface area contributed by atoms with E-state index in [0.29, 0.717) is 12.8 Å². The molecule has 2 rings (SSSR count). The van der Waals surface area contributed by atoms with Gasteiger partial charge in [0.05, 0.1) is 6.42 Å². The van der Waals surface area contributed by atoms with Gasteiger partial charge in [0, 0.05) is 25.7 Å². The number of anilines is 1. The maximum atomic E-state index is 11.5. The molecule has 90 valence electrons. The van der Waals surface area contributed by atoms with E-state index in [1.807, 2.05) is 24.3 Å². The van der Waals surface area contributed by atoms with E-state index in [4.69, 9.17) is 0 Å². The molecule has 4 nitrogen and oxygen atoms in total. The Kier molecular flexibility index (Phi) is 3.42. The van der Waals surface area contributed by atoms with Crippen molar-refractivity contribution >= 4 is 17.5 Å². The lowest BCUT2D eigenvalue weighted by atomic mass is 10.1. The molecule has 1 aliphatic heterocycles. The Hall–Kier alpha value is -1.84. The van der Waals surface area contributed by atoms with Gasteiger partial charge >= 0.3 is 0 Å². The first kappa shape index (κ1) is 11.6. The molecule has 1 aromatic rings. The Labute approximate surface area is 101 Å². The molecule has 0 spiro atoms. The van der Waals surface area contributed by atoms with E-state index in [2.05, 4.69) is 5.32 Å². The molecule has 1 fully saturated rings. The topological polar surface area (TPSA) is 49.4 Å². The quantitative estimate of drug-likeness (QED) is 0.848. The van der Waals surface area contributed by atoms with Crippen LogP contribution in [0.5, 0.6) is 0 Å². The van der Waals surface area contributed by atoms with Crippen LogP contribution in [-0.4, -0.2) is 25.4 Å².